The molecule has 0 bridgehead atoms. The highest BCUT2D eigenvalue weighted by molar-refractivity contribution is 7.99. The van der Waals surface area contributed by atoms with E-state index in [1.807, 2.05) is 62.4 Å². The minimum atomic E-state index is -0.513. The highest BCUT2D eigenvalue weighted by atomic mass is 35.5. The van der Waals surface area contributed by atoms with Crippen LogP contribution in [0.25, 0.3) is 0 Å². The van der Waals surface area contributed by atoms with Crippen molar-refractivity contribution >= 4 is 35.2 Å². The third kappa shape index (κ3) is 6.96. The largest absolute Gasteiger partial charge is 0.497 e. The maximum atomic E-state index is 13.1. The van der Waals surface area contributed by atoms with Gasteiger partial charge in [0.1, 0.15) is 11.8 Å². The normalized spacial score (nSPS) is 11.6. The van der Waals surface area contributed by atoms with Crippen molar-refractivity contribution in [2.24, 2.45) is 0 Å². The summed E-state index contributed by atoms with van der Waals surface area (Å²) >= 11 is 7.71. The van der Waals surface area contributed by atoms with E-state index in [2.05, 4.69) is 5.32 Å². The van der Waals surface area contributed by atoms with Gasteiger partial charge in [-0.3, -0.25) is 9.59 Å². The molecule has 2 rings (SSSR count). The summed E-state index contributed by atoms with van der Waals surface area (Å²) in [4.78, 5) is 27.4. The molecule has 2 amide bonds. The first-order valence-electron chi connectivity index (χ1n) is 10.0. The number of thioether (sulfide) groups is 1. The molecule has 0 unspecified atom stereocenters. The molecule has 0 saturated heterocycles. The van der Waals surface area contributed by atoms with Crippen LogP contribution in [0, 0.1) is 0 Å². The molecule has 0 spiro atoms. The van der Waals surface area contributed by atoms with Crippen LogP contribution in [0.2, 0.25) is 5.02 Å². The third-order valence-electron chi connectivity index (χ3n) is 4.69. The topological polar surface area (TPSA) is 58.6 Å². The Morgan fingerprint density at radius 1 is 1.13 bits per heavy atom. The number of ether oxygens (including phenoxy) is 1. The van der Waals surface area contributed by atoms with E-state index >= 15 is 0 Å². The van der Waals surface area contributed by atoms with Gasteiger partial charge in [0, 0.05) is 23.9 Å². The van der Waals surface area contributed by atoms with Crippen LogP contribution in [0.3, 0.4) is 0 Å². The van der Waals surface area contributed by atoms with Crippen LogP contribution in [-0.2, 0) is 21.9 Å². The van der Waals surface area contributed by atoms with Crippen molar-refractivity contribution < 1.29 is 14.3 Å². The molecule has 2 aromatic carbocycles. The smallest absolute Gasteiger partial charge is 0.242 e. The highest BCUT2D eigenvalue weighted by Gasteiger charge is 2.28. The predicted octanol–water partition coefficient (Wildman–Crippen LogP) is 4.53. The van der Waals surface area contributed by atoms with Crippen LogP contribution in [0.4, 0.5) is 0 Å². The lowest BCUT2D eigenvalue weighted by Gasteiger charge is -2.30. The Kier molecular flexibility index (Phi) is 10.0. The fraction of sp³-hybridized carbons (Fsp3) is 0.391. The van der Waals surface area contributed by atoms with Crippen LogP contribution >= 0.6 is 23.4 Å². The molecule has 162 valence electrons. The molecule has 0 aliphatic carbocycles. The minimum absolute atomic E-state index is 0.0685. The molecule has 0 aromatic heterocycles. The van der Waals surface area contributed by atoms with Crippen LogP contribution in [0.5, 0.6) is 5.75 Å². The Hall–Kier alpha value is -2.18. The minimum Gasteiger partial charge on any atom is -0.497 e. The number of nitrogens with zero attached hydrogens (tertiary/aromatic N) is 1. The van der Waals surface area contributed by atoms with E-state index in [1.165, 1.54) is 11.8 Å². The second kappa shape index (κ2) is 12.5. The third-order valence-corrected chi connectivity index (χ3v) is 6.02. The van der Waals surface area contributed by atoms with Crippen molar-refractivity contribution in [1.29, 1.82) is 0 Å². The first-order valence-corrected chi connectivity index (χ1v) is 11.5. The van der Waals surface area contributed by atoms with Gasteiger partial charge in [0.2, 0.25) is 11.8 Å². The maximum absolute atomic E-state index is 13.1. The summed E-state index contributed by atoms with van der Waals surface area (Å²) in [6.45, 7) is 4.69. The van der Waals surface area contributed by atoms with Gasteiger partial charge in [0.25, 0.3) is 0 Å². The Bertz CT molecular complexity index is 829. The number of halogens is 1. The van der Waals surface area contributed by atoms with Crippen LogP contribution in [0.1, 0.15) is 31.4 Å². The van der Waals surface area contributed by atoms with Gasteiger partial charge in [-0.05, 0) is 42.7 Å². The zero-order chi connectivity index (χ0) is 21.9. The fourth-order valence-corrected chi connectivity index (χ4v) is 4.28. The van der Waals surface area contributed by atoms with Gasteiger partial charge in [-0.15, -0.1) is 11.8 Å². The number of carbonyl (C=O) groups excluding carboxylic acids is 2. The van der Waals surface area contributed by atoms with E-state index < -0.39 is 6.04 Å². The summed E-state index contributed by atoms with van der Waals surface area (Å²) in [6, 6.07) is 14.7. The van der Waals surface area contributed by atoms with E-state index in [4.69, 9.17) is 16.3 Å². The number of rotatable bonds is 11. The van der Waals surface area contributed by atoms with Crippen molar-refractivity contribution in [1.82, 2.24) is 10.2 Å². The molecule has 0 aliphatic rings. The van der Waals surface area contributed by atoms with Crippen LogP contribution < -0.4 is 10.1 Å². The Balaban J connectivity index is 2.12. The summed E-state index contributed by atoms with van der Waals surface area (Å²) in [5.74, 6) is 1.47. The van der Waals surface area contributed by atoms with E-state index in [0.717, 1.165) is 16.9 Å². The summed E-state index contributed by atoms with van der Waals surface area (Å²) in [7, 11) is 1.61. The average Bonchev–Trinajstić information content (AvgIpc) is 2.75. The van der Waals surface area contributed by atoms with E-state index in [1.54, 1.807) is 12.0 Å². The summed E-state index contributed by atoms with van der Waals surface area (Å²) in [5.41, 5.74) is 1.94. The molecule has 0 heterocycles. The first-order chi connectivity index (χ1) is 14.5. The predicted molar refractivity (Wildman–Crippen MR) is 124 cm³/mol. The molecule has 2 aromatic rings. The molecule has 5 nitrogen and oxygen atoms in total. The summed E-state index contributed by atoms with van der Waals surface area (Å²) in [5, 5.41) is 3.54. The number of likely N-dealkylation sites (N-methyl/N-ethyl adjacent to an activating group) is 1. The molecule has 0 radical (unpaired) electrons. The van der Waals surface area contributed by atoms with E-state index in [-0.39, 0.29) is 17.6 Å². The van der Waals surface area contributed by atoms with Crippen molar-refractivity contribution in [3.05, 3.63) is 64.7 Å². The zero-order valence-electron chi connectivity index (χ0n) is 17.7. The lowest BCUT2D eigenvalue weighted by molar-refractivity contribution is -0.139. The van der Waals surface area contributed by atoms with Crippen LogP contribution in [-0.4, -0.2) is 42.2 Å². The van der Waals surface area contributed by atoms with Gasteiger partial charge in [-0.2, -0.15) is 0 Å². The molecular weight excluding hydrogens is 420 g/mol. The molecular formula is C23H29ClN2O3S. The molecule has 30 heavy (non-hydrogen) atoms. The number of methoxy groups -OCH3 is 1. The molecule has 1 atom stereocenters. The number of amides is 2. The average molecular weight is 449 g/mol. The van der Waals surface area contributed by atoms with Gasteiger partial charge in [-0.25, -0.2) is 0 Å². The monoisotopic (exact) mass is 448 g/mol. The Morgan fingerprint density at radius 2 is 1.83 bits per heavy atom. The standard InChI is InChI=1S/C23H29ClN2O3S/c1-4-21(23(28)25-5-2)26(14-17-10-12-19(29-3)13-11-17)22(27)16-30-15-18-8-6-7-9-20(18)24/h6-13,21H,4-5,14-16H2,1-3H3,(H,25,28)/t21-/m0/s1. The molecule has 0 fully saturated rings. The second-order valence-electron chi connectivity index (χ2n) is 6.77. The number of carbonyl (C=O) groups is 2. The van der Waals surface area contributed by atoms with Gasteiger partial charge >= 0.3 is 0 Å². The summed E-state index contributed by atoms with van der Waals surface area (Å²) in [6.07, 6.45) is 0.545. The van der Waals surface area contributed by atoms with Crippen LogP contribution in [0.15, 0.2) is 48.5 Å². The molecule has 1 N–H and O–H groups in total. The van der Waals surface area contributed by atoms with Gasteiger partial charge in [-0.1, -0.05) is 48.9 Å². The fourth-order valence-electron chi connectivity index (χ4n) is 3.09. The Labute approximate surface area is 188 Å². The van der Waals surface area contributed by atoms with Crippen molar-refractivity contribution in [2.75, 3.05) is 19.4 Å². The molecule has 7 heteroatoms. The number of nitrogens with one attached hydrogen (secondary N) is 1. The lowest BCUT2D eigenvalue weighted by atomic mass is 10.1. The van der Waals surface area contributed by atoms with Crippen molar-refractivity contribution in [3.63, 3.8) is 0 Å². The number of hydrogen-bond donors (Lipinski definition) is 1. The molecule has 0 aliphatic heterocycles. The van der Waals surface area contributed by atoms with Gasteiger partial charge in [0.05, 0.1) is 12.9 Å². The quantitative estimate of drug-likeness (QED) is 0.548. The Morgan fingerprint density at radius 3 is 2.43 bits per heavy atom. The second-order valence-corrected chi connectivity index (χ2v) is 8.17. The van der Waals surface area contributed by atoms with E-state index in [0.29, 0.717) is 30.3 Å². The number of benzene rings is 2. The van der Waals surface area contributed by atoms with Crippen molar-refractivity contribution in [2.45, 2.75) is 38.6 Å². The zero-order valence-corrected chi connectivity index (χ0v) is 19.3. The van der Waals surface area contributed by atoms with Crippen molar-refractivity contribution in [3.8, 4) is 5.75 Å². The SMILES string of the molecule is CCNC(=O)[C@H](CC)N(Cc1ccc(OC)cc1)C(=O)CSCc1ccccc1Cl. The summed E-state index contributed by atoms with van der Waals surface area (Å²) < 4.78 is 5.21. The lowest BCUT2D eigenvalue weighted by Crippen LogP contribution is -2.49. The molecule has 0 saturated carbocycles. The maximum Gasteiger partial charge on any atom is 0.242 e. The number of hydrogen-bond acceptors (Lipinski definition) is 4. The van der Waals surface area contributed by atoms with Gasteiger partial charge in [0.15, 0.2) is 0 Å². The van der Waals surface area contributed by atoms with Gasteiger partial charge < -0.3 is 15.0 Å². The highest BCUT2D eigenvalue weighted by Crippen LogP contribution is 2.22. The van der Waals surface area contributed by atoms with E-state index in [9.17, 15) is 9.59 Å². The first kappa shape index (κ1) is 24.1.